The van der Waals surface area contributed by atoms with E-state index in [1.165, 1.54) is 0 Å². The van der Waals surface area contributed by atoms with Crippen LogP contribution in [0.2, 0.25) is 0 Å². The molecule has 1 N–H and O–H groups in total. The van der Waals surface area contributed by atoms with Crippen LogP contribution in [0.3, 0.4) is 0 Å². The molecule has 1 amide bonds. The number of aryl methyl sites for hydroxylation is 1. The summed E-state index contributed by atoms with van der Waals surface area (Å²) in [6.07, 6.45) is 0. The normalized spacial score (nSPS) is 17.7. The van der Waals surface area contributed by atoms with Gasteiger partial charge in [0.25, 0.3) is 5.91 Å². The number of hydrogen-bond acceptors (Lipinski definition) is 1. The zero-order valence-corrected chi connectivity index (χ0v) is 9.60. The average Bonchev–Trinajstić information content (AvgIpc) is 2.68. The summed E-state index contributed by atoms with van der Waals surface area (Å²) >= 11 is 0. The number of benzene rings is 2. The van der Waals surface area contributed by atoms with Crippen LogP contribution < -0.4 is 5.32 Å². The third-order valence-electron chi connectivity index (χ3n) is 3.17. The number of rotatable bonds is 1. The van der Waals surface area contributed by atoms with Crippen molar-refractivity contribution in [2.75, 3.05) is 0 Å². The fraction of sp³-hybridized carbons (Fsp3) is 0.133. The molecule has 0 saturated heterocycles. The second-order valence-electron chi connectivity index (χ2n) is 4.41. The largest absolute Gasteiger partial charge is 0.341 e. The molecule has 0 fully saturated rings. The van der Waals surface area contributed by atoms with E-state index in [4.69, 9.17) is 0 Å². The second-order valence-corrected chi connectivity index (χ2v) is 4.41. The summed E-state index contributed by atoms with van der Waals surface area (Å²) in [5.74, 6) is 0.0255. The van der Waals surface area contributed by atoms with Gasteiger partial charge in [0.05, 0.1) is 6.04 Å². The number of hydrogen-bond donors (Lipinski definition) is 1. The fourth-order valence-electron chi connectivity index (χ4n) is 2.31. The highest BCUT2D eigenvalue weighted by Crippen LogP contribution is 2.31. The van der Waals surface area contributed by atoms with Crippen molar-refractivity contribution >= 4 is 5.91 Å². The van der Waals surface area contributed by atoms with Crippen molar-refractivity contribution in [2.45, 2.75) is 13.0 Å². The summed E-state index contributed by atoms with van der Waals surface area (Å²) in [5.41, 5.74) is 4.13. The van der Waals surface area contributed by atoms with Crippen molar-refractivity contribution in [3.05, 3.63) is 70.8 Å². The molecule has 1 aliphatic rings. The van der Waals surface area contributed by atoms with E-state index < -0.39 is 0 Å². The molecule has 2 nitrogen and oxygen atoms in total. The van der Waals surface area contributed by atoms with Gasteiger partial charge in [-0.1, -0.05) is 48.0 Å². The molecule has 84 valence electrons. The first kappa shape index (κ1) is 10.1. The van der Waals surface area contributed by atoms with Crippen LogP contribution in [0, 0.1) is 6.92 Å². The van der Waals surface area contributed by atoms with Crippen LogP contribution in [-0.2, 0) is 0 Å². The van der Waals surface area contributed by atoms with Crippen LogP contribution in [0.25, 0.3) is 0 Å². The summed E-state index contributed by atoms with van der Waals surface area (Å²) in [4.78, 5) is 11.9. The van der Waals surface area contributed by atoms with Gasteiger partial charge in [-0.05, 0) is 24.1 Å². The first-order valence-electron chi connectivity index (χ1n) is 5.72. The highest BCUT2D eigenvalue weighted by atomic mass is 16.2. The number of nitrogens with one attached hydrogen (secondary N) is 1. The first-order chi connectivity index (χ1) is 8.25. The third kappa shape index (κ3) is 1.62. The molecule has 0 radical (unpaired) electrons. The van der Waals surface area contributed by atoms with Gasteiger partial charge in [-0.15, -0.1) is 0 Å². The fourth-order valence-corrected chi connectivity index (χ4v) is 2.31. The van der Waals surface area contributed by atoms with Crippen molar-refractivity contribution in [2.24, 2.45) is 0 Å². The van der Waals surface area contributed by atoms with E-state index in [0.717, 1.165) is 22.3 Å². The monoisotopic (exact) mass is 223 g/mol. The molecule has 0 bridgehead atoms. The van der Waals surface area contributed by atoms with Crippen LogP contribution >= 0.6 is 0 Å². The molecular formula is C15H13NO. The Morgan fingerprint density at radius 2 is 1.82 bits per heavy atom. The molecule has 2 aromatic carbocycles. The number of fused-ring (bicyclic) bond motifs is 1. The Bertz CT molecular complexity index is 575. The molecule has 17 heavy (non-hydrogen) atoms. The van der Waals surface area contributed by atoms with E-state index in [1.807, 2.05) is 49.4 Å². The van der Waals surface area contributed by atoms with Gasteiger partial charge in [-0.3, -0.25) is 4.79 Å². The van der Waals surface area contributed by atoms with Gasteiger partial charge in [0, 0.05) is 5.56 Å². The van der Waals surface area contributed by atoms with Gasteiger partial charge in [0.2, 0.25) is 0 Å². The van der Waals surface area contributed by atoms with E-state index in [0.29, 0.717) is 0 Å². The maximum Gasteiger partial charge on any atom is 0.252 e. The van der Waals surface area contributed by atoms with Gasteiger partial charge >= 0.3 is 0 Å². The minimum absolute atomic E-state index is 0.000648. The molecule has 1 heterocycles. The summed E-state index contributed by atoms with van der Waals surface area (Å²) in [7, 11) is 0. The van der Waals surface area contributed by atoms with Gasteiger partial charge in [-0.25, -0.2) is 0 Å². The van der Waals surface area contributed by atoms with Crippen LogP contribution in [0.4, 0.5) is 0 Å². The standard InChI is InChI=1S/C15H13NO/c1-10-7-8-12-13(9-10)15(17)16-14(12)11-5-3-2-4-6-11/h2-9,14H,1H3,(H,16,17). The summed E-state index contributed by atoms with van der Waals surface area (Å²) in [6.45, 7) is 2.00. The van der Waals surface area contributed by atoms with Crippen LogP contribution in [0.15, 0.2) is 48.5 Å². The van der Waals surface area contributed by atoms with E-state index in [9.17, 15) is 4.79 Å². The first-order valence-corrected chi connectivity index (χ1v) is 5.72. The lowest BCUT2D eigenvalue weighted by Gasteiger charge is -2.11. The van der Waals surface area contributed by atoms with E-state index in [2.05, 4.69) is 11.4 Å². The number of amides is 1. The number of carbonyl (C=O) groups is 1. The van der Waals surface area contributed by atoms with Gasteiger partial charge in [0.15, 0.2) is 0 Å². The predicted octanol–water partition coefficient (Wildman–Crippen LogP) is 2.83. The molecule has 3 rings (SSSR count). The Labute approximate surface area is 100 Å². The Hall–Kier alpha value is -2.09. The summed E-state index contributed by atoms with van der Waals surface area (Å²) < 4.78 is 0. The molecule has 0 aromatic heterocycles. The zero-order valence-electron chi connectivity index (χ0n) is 9.60. The molecule has 0 aliphatic carbocycles. The molecule has 2 heteroatoms. The molecule has 0 saturated carbocycles. The lowest BCUT2D eigenvalue weighted by atomic mass is 9.97. The summed E-state index contributed by atoms with van der Waals surface area (Å²) in [5, 5.41) is 3.02. The molecule has 1 atom stereocenters. The average molecular weight is 223 g/mol. The number of carbonyl (C=O) groups excluding carboxylic acids is 1. The van der Waals surface area contributed by atoms with Crippen LogP contribution in [0.5, 0.6) is 0 Å². The van der Waals surface area contributed by atoms with Crippen LogP contribution in [-0.4, -0.2) is 5.91 Å². The smallest absolute Gasteiger partial charge is 0.252 e. The van der Waals surface area contributed by atoms with Crippen molar-refractivity contribution < 1.29 is 4.79 Å². The predicted molar refractivity (Wildman–Crippen MR) is 66.9 cm³/mol. The molecule has 1 aliphatic heterocycles. The van der Waals surface area contributed by atoms with Gasteiger partial charge in [-0.2, -0.15) is 0 Å². The maximum atomic E-state index is 11.9. The second kappa shape index (κ2) is 3.74. The van der Waals surface area contributed by atoms with Crippen molar-refractivity contribution in [3.63, 3.8) is 0 Å². The topological polar surface area (TPSA) is 29.1 Å². The van der Waals surface area contributed by atoms with Crippen molar-refractivity contribution in [1.29, 1.82) is 0 Å². The Morgan fingerprint density at radius 1 is 1.06 bits per heavy atom. The Kier molecular flexibility index (Phi) is 2.22. The zero-order chi connectivity index (χ0) is 11.8. The van der Waals surface area contributed by atoms with Crippen molar-refractivity contribution in [1.82, 2.24) is 5.32 Å². The van der Waals surface area contributed by atoms with E-state index >= 15 is 0 Å². The Morgan fingerprint density at radius 3 is 2.59 bits per heavy atom. The van der Waals surface area contributed by atoms with E-state index in [-0.39, 0.29) is 11.9 Å². The minimum Gasteiger partial charge on any atom is -0.341 e. The molecular weight excluding hydrogens is 210 g/mol. The van der Waals surface area contributed by atoms with Gasteiger partial charge in [0.1, 0.15) is 0 Å². The minimum atomic E-state index is -0.000648. The lowest BCUT2D eigenvalue weighted by molar-refractivity contribution is 0.0960. The molecule has 1 unspecified atom stereocenters. The van der Waals surface area contributed by atoms with E-state index in [1.54, 1.807) is 0 Å². The Balaban J connectivity index is 2.11. The quantitative estimate of drug-likeness (QED) is 0.791. The van der Waals surface area contributed by atoms with Crippen molar-refractivity contribution in [3.8, 4) is 0 Å². The maximum absolute atomic E-state index is 11.9. The highest BCUT2D eigenvalue weighted by molar-refractivity contribution is 5.99. The summed E-state index contributed by atoms with van der Waals surface area (Å²) in [6, 6.07) is 16.1. The molecule has 2 aromatic rings. The lowest BCUT2D eigenvalue weighted by Crippen LogP contribution is -2.19. The van der Waals surface area contributed by atoms with Gasteiger partial charge < -0.3 is 5.32 Å². The third-order valence-corrected chi connectivity index (χ3v) is 3.17. The SMILES string of the molecule is Cc1ccc2c(c1)C(=O)NC2c1ccccc1. The van der Waals surface area contributed by atoms with Crippen LogP contribution in [0.1, 0.15) is 33.1 Å². The highest BCUT2D eigenvalue weighted by Gasteiger charge is 2.29. The molecule has 0 spiro atoms.